The van der Waals surface area contributed by atoms with Gasteiger partial charge in [-0.05, 0) is 52.4 Å². The van der Waals surface area contributed by atoms with Crippen LogP contribution in [0.3, 0.4) is 0 Å². The number of benzene rings is 1. The smallest absolute Gasteiger partial charge is 0.269 e. The lowest BCUT2D eigenvalue weighted by Crippen LogP contribution is -2.45. The van der Waals surface area contributed by atoms with Gasteiger partial charge in [-0.1, -0.05) is 24.3 Å². The molecule has 0 spiro atoms. The summed E-state index contributed by atoms with van der Waals surface area (Å²) in [5, 5.41) is 4.88. The molecule has 31 heavy (non-hydrogen) atoms. The lowest BCUT2D eigenvalue weighted by Gasteiger charge is -2.26. The van der Waals surface area contributed by atoms with Gasteiger partial charge in [-0.15, -0.1) is 0 Å². The summed E-state index contributed by atoms with van der Waals surface area (Å²) in [5.74, 6) is -0.216. The van der Waals surface area contributed by atoms with Crippen LogP contribution in [-0.2, 0) is 22.6 Å². The molecule has 1 saturated heterocycles. The minimum atomic E-state index is -0.639. The highest BCUT2D eigenvalue weighted by molar-refractivity contribution is 9.10. The zero-order valence-corrected chi connectivity index (χ0v) is 18.2. The quantitative estimate of drug-likeness (QED) is 0.540. The first-order chi connectivity index (χ1) is 14.9. The summed E-state index contributed by atoms with van der Waals surface area (Å²) in [7, 11) is 0. The van der Waals surface area contributed by atoms with E-state index in [0.29, 0.717) is 33.7 Å². The SMILES string of the molecule is NC(=O)c1nn(CC(=O)N2C[C@H]3C[C@H]3[C@H]2C(=O)Cc2cccc(Br)n2)c2ccccc12. The van der Waals surface area contributed by atoms with Gasteiger partial charge in [0.15, 0.2) is 11.5 Å². The fourth-order valence-corrected chi connectivity index (χ4v) is 5.00. The molecule has 0 bridgehead atoms. The van der Waals surface area contributed by atoms with E-state index in [2.05, 4.69) is 26.0 Å². The molecule has 2 aliphatic rings. The van der Waals surface area contributed by atoms with Gasteiger partial charge in [0.1, 0.15) is 11.1 Å². The highest BCUT2D eigenvalue weighted by atomic mass is 79.9. The molecule has 1 aliphatic heterocycles. The van der Waals surface area contributed by atoms with E-state index in [1.165, 1.54) is 4.68 Å². The Morgan fingerprint density at radius 3 is 2.71 bits per heavy atom. The van der Waals surface area contributed by atoms with Gasteiger partial charge in [0, 0.05) is 17.6 Å². The normalized spacial score (nSPS) is 21.8. The Balaban J connectivity index is 1.37. The zero-order chi connectivity index (χ0) is 21.7. The number of Topliss-reactive ketones (excluding diaryl/α,β-unsaturated/α-hetero) is 1. The van der Waals surface area contributed by atoms with Crippen molar-refractivity contribution in [1.82, 2.24) is 19.7 Å². The molecule has 9 heteroatoms. The first kappa shape index (κ1) is 19.9. The lowest BCUT2D eigenvalue weighted by atomic mass is 10.0. The Hall–Kier alpha value is -3.07. The van der Waals surface area contributed by atoms with Gasteiger partial charge in [-0.25, -0.2) is 4.98 Å². The van der Waals surface area contributed by atoms with Crippen LogP contribution in [-0.4, -0.2) is 49.8 Å². The van der Waals surface area contributed by atoms with E-state index in [9.17, 15) is 14.4 Å². The lowest BCUT2D eigenvalue weighted by molar-refractivity contribution is -0.139. The highest BCUT2D eigenvalue weighted by Crippen LogP contribution is 2.50. The van der Waals surface area contributed by atoms with Crippen molar-refractivity contribution in [2.45, 2.75) is 25.4 Å². The van der Waals surface area contributed by atoms with Crippen molar-refractivity contribution in [1.29, 1.82) is 0 Å². The summed E-state index contributed by atoms with van der Waals surface area (Å²) in [6.07, 6.45) is 1.16. The molecule has 3 aromatic rings. The zero-order valence-electron chi connectivity index (χ0n) is 16.6. The number of fused-ring (bicyclic) bond motifs is 2. The number of rotatable bonds is 6. The van der Waals surface area contributed by atoms with Crippen LogP contribution in [0.15, 0.2) is 47.1 Å². The van der Waals surface area contributed by atoms with Crippen molar-refractivity contribution >= 4 is 44.4 Å². The molecule has 8 nitrogen and oxygen atoms in total. The number of piperidine rings is 1. The number of nitrogens with two attached hydrogens (primary N) is 1. The number of pyridine rings is 1. The number of amides is 2. The van der Waals surface area contributed by atoms with E-state index in [0.717, 1.165) is 6.42 Å². The summed E-state index contributed by atoms with van der Waals surface area (Å²) in [6.45, 7) is 0.528. The minimum absolute atomic E-state index is 0.00657. The second-order valence-corrected chi connectivity index (χ2v) is 8.95. The molecular weight excluding hydrogens is 462 g/mol. The monoisotopic (exact) mass is 481 g/mol. The van der Waals surface area contributed by atoms with Gasteiger partial charge in [-0.3, -0.25) is 19.1 Å². The summed E-state index contributed by atoms with van der Waals surface area (Å²) >= 11 is 3.33. The van der Waals surface area contributed by atoms with E-state index in [1.54, 1.807) is 23.1 Å². The van der Waals surface area contributed by atoms with Gasteiger partial charge in [0.25, 0.3) is 5.91 Å². The molecule has 2 fully saturated rings. The van der Waals surface area contributed by atoms with Crippen molar-refractivity contribution in [3.8, 4) is 0 Å². The summed E-state index contributed by atoms with van der Waals surface area (Å²) in [6, 6.07) is 12.2. The topological polar surface area (TPSA) is 111 Å². The first-order valence-corrected chi connectivity index (χ1v) is 10.9. The second-order valence-electron chi connectivity index (χ2n) is 8.13. The Morgan fingerprint density at radius 1 is 1.13 bits per heavy atom. The van der Waals surface area contributed by atoms with E-state index < -0.39 is 11.9 Å². The number of carbonyl (C=O) groups excluding carboxylic acids is 3. The van der Waals surface area contributed by atoms with Crippen LogP contribution >= 0.6 is 15.9 Å². The molecule has 3 heterocycles. The van der Waals surface area contributed by atoms with Gasteiger partial charge >= 0.3 is 0 Å². The number of hydrogen-bond acceptors (Lipinski definition) is 5. The number of para-hydroxylation sites is 1. The third kappa shape index (κ3) is 3.63. The highest BCUT2D eigenvalue weighted by Gasteiger charge is 2.56. The molecule has 1 saturated carbocycles. The molecule has 2 aromatic heterocycles. The van der Waals surface area contributed by atoms with Crippen LogP contribution < -0.4 is 5.73 Å². The average Bonchev–Trinajstić information content (AvgIpc) is 3.24. The van der Waals surface area contributed by atoms with Crippen molar-refractivity contribution in [3.05, 3.63) is 58.5 Å². The van der Waals surface area contributed by atoms with Crippen molar-refractivity contribution in [3.63, 3.8) is 0 Å². The number of nitrogens with zero attached hydrogens (tertiary/aromatic N) is 4. The first-order valence-electron chi connectivity index (χ1n) is 10.1. The molecule has 1 aromatic carbocycles. The van der Waals surface area contributed by atoms with E-state index in [4.69, 9.17) is 5.73 Å². The third-order valence-electron chi connectivity index (χ3n) is 6.10. The predicted octanol–water partition coefficient (Wildman–Crippen LogP) is 1.95. The molecule has 0 unspecified atom stereocenters. The number of primary amides is 1. The number of hydrogen-bond donors (Lipinski definition) is 1. The maximum atomic E-state index is 13.2. The maximum Gasteiger partial charge on any atom is 0.269 e. The van der Waals surface area contributed by atoms with E-state index in [1.807, 2.05) is 24.3 Å². The molecule has 0 radical (unpaired) electrons. The number of halogens is 1. The third-order valence-corrected chi connectivity index (χ3v) is 6.55. The predicted molar refractivity (Wildman–Crippen MR) is 116 cm³/mol. The van der Waals surface area contributed by atoms with Crippen molar-refractivity contribution < 1.29 is 14.4 Å². The number of aromatic nitrogens is 3. The van der Waals surface area contributed by atoms with Crippen molar-refractivity contribution in [2.24, 2.45) is 17.6 Å². The van der Waals surface area contributed by atoms with Crippen LogP contribution in [0.25, 0.3) is 10.9 Å². The molecule has 1 aliphatic carbocycles. The van der Waals surface area contributed by atoms with Gasteiger partial charge in [-0.2, -0.15) is 5.10 Å². The van der Waals surface area contributed by atoms with Gasteiger partial charge < -0.3 is 10.6 Å². The standard InChI is InChI=1S/C22H20BrN5O3/c23-18-7-3-4-13(25-18)9-17(29)21-15-8-12(15)10-27(21)19(30)11-28-16-6-2-1-5-14(16)20(26-28)22(24)31/h1-7,12,15,21H,8-11H2,(H2,24,31)/t12-,15-,21+/m1/s1. The number of ketones is 1. The molecule has 5 rings (SSSR count). The van der Waals surface area contributed by atoms with Crippen LogP contribution in [0.4, 0.5) is 0 Å². The Morgan fingerprint density at radius 2 is 1.94 bits per heavy atom. The summed E-state index contributed by atoms with van der Waals surface area (Å²) < 4.78 is 2.18. The fraction of sp³-hybridized carbons (Fsp3) is 0.318. The van der Waals surface area contributed by atoms with Crippen LogP contribution in [0.1, 0.15) is 22.6 Å². The molecule has 158 valence electrons. The summed E-state index contributed by atoms with van der Waals surface area (Å²) in [4.78, 5) is 44.1. The van der Waals surface area contributed by atoms with Gasteiger partial charge in [0.2, 0.25) is 5.91 Å². The fourth-order valence-electron chi connectivity index (χ4n) is 4.62. The number of likely N-dealkylation sites (tertiary alicyclic amines) is 1. The van der Waals surface area contributed by atoms with Crippen LogP contribution in [0, 0.1) is 11.8 Å². The Kier molecular flexibility index (Phi) is 4.85. The largest absolute Gasteiger partial charge is 0.364 e. The molecular formula is C22H20BrN5O3. The Labute approximate surface area is 186 Å². The van der Waals surface area contributed by atoms with Crippen LogP contribution in [0.2, 0.25) is 0 Å². The number of carbonyl (C=O) groups is 3. The van der Waals surface area contributed by atoms with Crippen molar-refractivity contribution in [2.75, 3.05) is 6.54 Å². The average molecular weight is 482 g/mol. The Bertz CT molecular complexity index is 1220. The molecule has 3 atom stereocenters. The van der Waals surface area contributed by atoms with Crippen LogP contribution in [0.5, 0.6) is 0 Å². The minimum Gasteiger partial charge on any atom is -0.364 e. The second kappa shape index (κ2) is 7.56. The molecule has 2 amide bonds. The summed E-state index contributed by atoms with van der Waals surface area (Å²) in [5.41, 5.74) is 6.93. The van der Waals surface area contributed by atoms with E-state index in [-0.39, 0.29) is 36.3 Å². The molecule has 2 N–H and O–H groups in total. The maximum absolute atomic E-state index is 13.2. The van der Waals surface area contributed by atoms with E-state index >= 15 is 0 Å². The van der Waals surface area contributed by atoms with Gasteiger partial charge in [0.05, 0.1) is 18.0 Å².